The second-order valence-corrected chi connectivity index (χ2v) is 2.43. The molecule has 0 bridgehead atoms. The van der Waals surface area contributed by atoms with Gasteiger partial charge in [0.15, 0.2) is 0 Å². The van der Waals surface area contributed by atoms with E-state index in [0.717, 1.165) is 0 Å². The Bertz CT molecular complexity index is 69.3. The molecule has 0 aromatic heterocycles. The first-order chi connectivity index (χ1) is 4.12. The zero-order chi connectivity index (χ0) is 7.33. The number of hydrogen-bond donors (Lipinski definition) is 2. The molecule has 9 heavy (non-hydrogen) atoms. The van der Waals surface area contributed by atoms with Gasteiger partial charge in [-0.1, -0.05) is 6.92 Å². The van der Waals surface area contributed by atoms with E-state index in [0.29, 0.717) is 12.8 Å². The Morgan fingerprint density at radius 2 is 2.11 bits per heavy atom. The van der Waals surface area contributed by atoms with Gasteiger partial charge < -0.3 is 10.2 Å². The predicted molar refractivity (Wildman–Crippen MR) is 36.9 cm³/mol. The summed E-state index contributed by atoms with van der Waals surface area (Å²) in [6.07, 6.45) is 3.00. The van der Waals surface area contributed by atoms with E-state index in [1.54, 1.807) is 13.3 Å². The van der Waals surface area contributed by atoms with E-state index in [4.69, 9.17) is 5.11 Å². The molecule has 0 saturated heterocycles. The maximum Gasteiger partial charge on any atom is 0.0649 e. The zero-order valence-corrected chi connectivity index (χ0v) is 6.09. The Kier molecular flexibility index (Phi) is 3.82. The molecular formula is C7H15O2. The lowest BCUT2D eigenvalue weighted by Crippen LogP contribution is -2.23. The fraction of sp³-hybridized carbons (Fsp3) is 0.857. The van der Waals surface area contributed by atoms with Crippen molar-refractivity contribution >= 4 is 0 Å². The summed E-state index contributed by atoms with van der Waals surface area (Å²) in [5, 5.41) is 17.7. The van der Waals surface area contributed by atoms with Crippen molar-refractivity contribution in [2.45, 2.75) is 32.3 Å². The fourth-order valence-electron chi connectivity index (χ4n) is 0.520. The highest BCUT2D eigenvalue weighted by Crippen LogP contribution is 2.13. The average Bonchev–Trinajstić information content (AvgIpc) is 1.84. The minimum Gasteiger partial charge on any atom is -0.396 e. The van der Waals surface area contributed by atoms with Crippen LogP contribution in [0.3, 0.4) is 0 Å². The molecule has 55 valence electrons. The molecule has 2 nitrogen and oxygen atoms in total. The van der Waals surface area contributed by atoms with Crippen LogP contribution in [0, 0.1) is 6.42 Å². The third-order valence-corrected chi connectivity index (χ3v) is 1.43. The Hall–Kier alpha value is -0.0800. The van der Waals surface area contributed by atoms with Gasteiger partial charge in [0, 0.05) is 6.61 Å². The van der Waals surface area contributed by atoms with Gasteiger partial charge in [-0.15, -0.1) is 0 Å². The molecule has 0 aromatic rings. The van der Waals surface area contributed by atoms with E-state index in [1.807, 2.05) is 6.92 Å². The highest BCUT2D eigenvalue weighted by atomic mass is 16.3. The summed E-state index contributed by atoms with van der Waals surface area (Å²) in [7, 11) is 0. The molecule has 0 amide bonds. The Balaban J connectivity index is 3.33. The first kappa shape index (κ1) is 8.92. The van der Waals surface area contributed by atoms with Crippen molar-refractivity contribution in [1.82, 2.24) is 0 Å². The van der Waals surface area contributed by atoms with Crippen LogP contribution in [0.4, 0.5) is 0 Å². The van der Waals surface area contributed by atoms with Crippen LogP contribution < -0.4 is 0 Å². The van der Waals surface area contributed by atoms with Crippen LogP contribution >= 0.6 is 0 Å². The normalized spacial score (nSPS) is 17.3. The van der Waals surface area contributed by atoms with Crippen LogP contribution in [-0.4, -0.2) is 22.4 Å². The van der Waals surface area contributed by atoms with Gasteiger partial charge in [0.2, 0.25) is 0 Å². The molecule has 2 heteroatoms. The Morgan fingerprint density at radius 3 is 2.44 bits per heavy atom. The second-order valence-electron chi connectivity index (χ2n) is 2.43. The van der Waals surface area contributed by atoms with Crippen LogP contribution in [0.2, 0.25) is 0 Å². The van der Waals surface area contributed by atoms with Crippen molar-refractivity contribution in [3.63, 3.8) is 0 Å². The predicted octanol–water partition coefficient (Wildman–Crippen LogP) is 0.734. The lowest BCUT2D eigenvalue weighted by molar-refractivity contribution is 0.0828. The molecule has 0 spiro atoms. The van der Waals surface area contributed by atoms with Crippen molar-refractivity contribution < 1.29 is 10.2 Å². The third-order valence-electron chi connectivity index (χ3n) is 1.43. The smallest absolute Gasteiger partial charge is 0.0649 e. The quantitative estimate of drug-likeness (QED) is 0.590. The monoisotopic (exact) mass is 131 g/mol. The molecule has 0 fully saturated rings. The molecule has 1 unspecified atom stereocenters. The molecule has 0 heterocycles. The average molecular weight is 131 g/mol. The van der Waals surface area contributed by atoms with Gasteiger partial charge in [-0.05, 0) is 26.2 Å². The number of aliphatic hydroxyl groups is 2. The van der Waals surface area contributed by atoms with Gasteiger partial charge in [-0.3, -0.25) is 0 Å². The summed E-state index contributed by atoms with van der Waals surface area (Å²) in [6, 6.07) is 0. The molecule has 0 saturated carbocycles. The molecule has 0 aliphatic heterocycles. The van der Waals surface area contributed by atoms with Crippen molar-refractivity contribution in [2.75, 3.05) is 6.61 Å². The van der Waals surface area contributed by atoms with E-state index >= 15 is 0 Å². The molecule has 0 aromatic carbocycles. The summed E-state index contributed by atoms with van der Waals surface area (Å²) >= 11 is 0. The fourth-order valence-corrected chi connectivity index (χ4v) is 0.520. The van der Waals surface area contributed by atoms with Crippen molar-refractivity contribution in [2.24, 2.45) is 0 Å². The van der Waals surface area contributed by atoms with Gasteiger partial charge in [-0.25, -0.2) is 0 Å². The maximum absolute atomic E-state index is 9.29. The van der Waals surface area contributed by atoms with Crippen LogP contribution in [0.15, 0.2) is 0 Å². The van der Waals surface area contributed by atoms with Crippen molar-refractivity contribution in [3.05, 3.63) is 6.42 Å². The Labute approximate surface area is 56.5 Å². The van der Waals surface area contributed by atoms with Crippen LogP contribution in [0.5, 0.6) is 0 Å². The summed E-state index contributed by atoms with van der Waals surface area (Å²) in [5.74, 6) is 0. The maximum atomic E-state index is 9.29. The molecule has 0 rings (SSSR count). The van der Waals surface area contributed by atoms with Crippen molar-refractivity contribution in [1.29, 1.82) is 0 Å². The zero-order valence-electron chi connectivity index (χ0n) is 6.09. The topological polar surface area (TPSA) is 40.5 Å². The number of aliphatic hydroxyl groups excluding tert-OH is 1. The lowest BCUT2D eigenvalue weighted by Gasteiger charge is -2.19. The molecule has 2 N–H and O–H groups in total. The number of rotatable bonds is 4. The van der Waals surface area contributed by atoms with Gasteiger partial charge in [0.1, 0.15) is 0 Å². The Morgan fingerprint density at radius 1 is 1.56 bits per heavy atom. The lowest BCUT2D eigenvalue weighted by atomic mass is 9.98. The third kappa shape index (κ3) is 4.43. The molecule has 0 aliphatic carbocycles. The largest absolute Gasteiger partial charge is 0.396 e. The molecule has 1 radical (unpaired) electrons. The second kappa shape index (κ2) is 3.85. The molecule has 0 aliphatic rings. The first-order valence-electron chi connectivity index (χ1n) is 3.30. The summed E-state index contributed by atoms with van der Waals surface area (Å²) in [4.78, 5) is 0. The highest BCUT2D eigenvalue weighted by Gasteiger charge is 2.15. The van der Waals surface area contributed by atoms with E-state index in [2.05, 4.69) is 0 Å². The molecular weight excluding hydrogens is 116 g/mol. The van der Waals surface area contributed by atoms with Gasteiger partial charge in [0.25, 0.3) is 0 Å². The first-order valence-corrected chi connectivity index (χ1v) is 3.30. The summed E-state index contributed by atoms with van der Waals surface area (Å²) in [5.41, 5.74) is -0.692. The van der Waals surface area contributed by atoms with E-state index in [9.17, 15) is 5.11 Å². The van der Waals surface area contributed by atoms with Crippen molar-refractivity contribution in [3.8, 4) is 0 Å². The number of hydrogen-bond acceptors (Lipinski definition) is 2. The summed E-state index contributed by atoms with van der Waals surface area (Å²) in [6.45, 7) is 3.77. The summed E-state index contributed by atoms with van der Waals surface area (Å²) < 4.78 is 0. The van der Waals surface area contributed by atoms with Gasteiger partial charge in [-0.2, -0.15) is 0 Å². The van der Waals surface area contributed by atoms with Crippen LogP contribution in [0.25, 0.3) is 0 Å². The minimum absolute atomic E-state index is 0.121. The van der Waals surface area contributed by atoms with Crippen LogP contribution in [0.1, 0.15) is 26.7 Å². The minimum atomic E-state index is -0.692. The standard InChI is InChI=1S/C7H15O2/c1-3-7(2,9)5-4-6-8/h5,8-9H,3-4,6H2,1-2H3. The van der Waals surface area contributed by atoms with Gasteiger partial charge in [0.05, 0.1) is 5.60 Å². The van der Waals surface area contributed by atoms with E-state index in [1.165, 1.54) is 0 Å². The SMILES string of the molecule is CCC(C)(O)[CH]CCO. The highest BCUT2D eigenvalue weighted by molar-refractivity contribution is 4.86. The van der Waals surface area contributed by atoms with Crippen LogP contribution in [-0.2, 0) is 0 Å². The molecule has 1 atom stereocenters. The van der Waals surface area contributed by atoms with E-state index in [-0.39, 0.29) is 6.61 Å². The van der Waals surface area contributed by atoms with E-state index < -0.39 is 5.60 Å². The van der Waals surface area contributed by atoms with Gasteiger partial charge >= 0.3 is 0 Å².